The molecule has 4 rings (SSSR count). The van der Waals surface area contributed by atoms with Gasteiger partial charge in [0.2, 0.25) is 0 Å². The van der Waals surface area contributed by atoms with Gasteiger partial charge >= 0.3 is 0 Å². The topological polar surface area (TPSA) is 32.8 Å². The molecule has 1 aliphatic heterocycles. The lowest BCUT2D eigenvalue weighted by molar-refractivity contribution is 0.0628. The second-order valence-electron chi connectivity index (χ2n) is 8.24. The molecule has 1 amide bonds. The van der Waals surface area contributed by atoms with E-state index in [1.54, 1.807) is 12.1 Å². The summed E-state index contributed by atoms with van der Waals surface area (Å²) >= 11 is 18.3. The zero-order valence-electron chi connectivity index (χ0n) is 18.4. The molecule has 0 saturated carbocycles. The molecule has 0 aromatic heterocycles. The SMILES string of the molecule is Cc1ccc(CN2CCN(C(=O)c3cccc(COc4c(Cl)cc(Cl)cc4Cl)c3)CC2)cc1. The normalized spacial score (nSPS) is 14.4. The largest absolute Gasteiger partial charge is 0.486 e. The smallest absolute Gasteiger partial charge is 0.253 e. The Balaban J connectivity index is 1.34. The Morgan fingerprint density at radius 2 is 1.55 bits per heavy atom. The Morgan fingerprint density at radius 1 is 0.879 bits per heavy atom. The summed E-state index contributed by atoms with van der Waals surface area (Å²) in [6.45, 7) is 6.38. The van der Waals surface area contributed by atoms with E-state index < -0.39 is 0 Å². The van der Waals surface area contributed by atoms with Crippen LogP contribution in [-0.4, -0.2) is 41.9 Å². The Hall–Kier alpha value is -2.24. The van der Waals surface area contributed by atoms with E-state index in [2.05, 4.69) is 36.1 Å². The molecule has 1 aliphatic rings. The van der Waals surface area contributed by atoms with Crippen molar-refractivity contribution in [2.45, 2.75) is 20.1 Å². The summed E-state index contributed by atoms with van der Waals surface area (Å²) in [4.78, 5) is 17.4. The fraction of sp³-hybridized carbons (Fsp3) is 0.269. The number of hydrogen-bond donors (Lipinski definition) is 0. The molecule has 33 heavy (non-hydrogen) atoms. The van der Waals surface area contributed by atoms with Gasteiger partial charge in [-0.25, -0.2) is 0 Å². The molecule has 1 saturated heterocycles. The summed E-state index contributed by atoms with van der Waals surface area (Å²) in [5.74, 6) is 0.415. The first kappa shape index (κ1) is 23.9. The third-order valence-electron chi connectivity index (χ3n) is 5.71. The number of hydrogen-bond acceptors (Lipinski definition) is 3. The molecule has 3 aromatic rings. The minimum Gasteiger partial charge on any atom is -0.486 e. The van der Waals surface area contributed by atoms with Gasteiger partial charge in [-0.1, -0.05) is 76.8 Å². The van der Waals surface area contributed by atoms with E-state index in [1.165, 1.54) is 11.1 Å². The first-order valence-electron chi connectivity index (χ1n) is 10.8. The van der Waals surface area contributed by atoms with Crippen LogP contribution in [0, 0.1) is 6.92 Å². The fourth-order valence-corrected chi connectivity index (χ4v) is 4.79. The summed E-state index contributed by atoms with van der Waals surface area (Å²) in [7, 11) is 0. The highest BCUT2D eigenvalue weighted by Crippen LogP contribution is 2.36. The van der Waals surface area contributed by atoms with Crippen LogP contribution in [0.15, 0.2) is 60.7 Å². The van der Waals surface area contributed by atoms with Crippen LogP contribution in [0.4, 0.5) is 0 Å². The maximum absolute atomic E-state index is 13.1. The second-order valence-corrected chi connectivity index (χ2v) is 9.49. The van der Waals surface area contributed by atoms with Crippen molar-refractivity contribution in [1.29, 1.82) is 0 Å². The zero-order valence-corrected chi connectivity index (χ0v) is 20.6. The van der Waals surface area contributed by atoms with E-state index >= 15 is 0 Å². The average molecular weight is 504 g/mol. The molecule has 172 valence electrons. The highest BCUT2D eigenvalue weighted by atomic mass is 35.5. The molecule has 0 aliphatic carbocycles. The number of amides is 1. The van der Waals surface area contributed by atoms with Crippen molar-refractivity contribution in [2.75, 3.05) is 26.2 Å². The van der Waals surface area contributed by atoms with Gasteiger partial charge in [0.1, 0.15) is 6.61 Å². The number of carbonyl (C=O) groups is 1. The van der Waals surface area contributed by atoms with Crippen LogP contribution in [0.5, 0.6) is 5.75 Å². The summed E-state index contributed by atoms with van der Waals surface area (Å²) < 4.78 is 5.81. The first-order valence-corrected chi connectivity index (χ1v) is 12.0. The van der Waals surface area contributed by atoms with Crippen LogP contribution in [0.2, 0.25) is 15.1 Å². The van der Waals surface area contributed by atoms with E-state index in [1.807, 2.05) is 29.2 Å². The Kier molecular flexibility index (Phi) is 7.82. The second kappa shape index (κ2) is 10.8. The fourth-order valence-electron chi connectivity index (χ4n) is 3.86. The van der Waals surface area contributed by atoms with E-state index in [0.717, 1.165) is 25.2 Å². The Labute approximate surface area is 209 Å². The van der Waals surface area contributed by atoms with E-state index in [0.29, 0.717) is 39.5 Å². The van der Waals surface area contributed by atoms with E-state index in [-0.39, 0.29) is 12.5 Å². The van der Waals surface area contributed by atoms with Crippen LogP contribution in [0.1, 0.15) is 27.0 Å². The van der Waals surface area contributed by atoms with Crippen LogP contribution >= 0.6 is 34.8 Å². The van der Waals surface area contributed by atoms with Gasteiger partial charge in [-0.2, -0.15) is 0 Å². The lowest BCUT2D eigenvalue weighted by atomic mass is 10.1. The molecule has 7 heteroatoms. The standard InChI is InChI=1S/C26H25Cl3N2O2/c1-18-5-7-19(8-6-18)16-30-9-11-31(12-10-30)26(32)21-4-2-3-20(13-21)17-33-25-23(28)14-22(27)15-24(25)29/h2-8,13-15H,9-12,16-17H2,1H3. The van der Waals surface area contributed by atoms with Gasteiger partial charge in [0.05, 0.1) is 10.0 Å². The van der Waals surface area contributed by atoms with Crippen LogP contribution in [0.3, 0.4) is 0 Å². The molecule has 3 aromatic carbocycles. The van der Waals surface area contributed by atoms with Crippen LogP contribution in [0.25, 0.3) is 0 Å². The monoisotopic (exact) mass is 502 g/mol. The molecule has 0 spiro atoms. The van der Waals surface area contributed by atoms with Gasteiger partial charge in [0.15, 0.2) is 5.75 Å². The molecule has 1 heterocycles. The van der Waals surface area contributed by atoms with Crippen LogP contribution < -0.4 is 4.74 Å². The summed E-state index contributed by atoms with van der Waals surface area (Å²) in [6.07, 6.45) is 0. The van der Waals surface area contributed by atoms with Gasteiger partial charge in [-0.05, 0) is 42.3 Å². The highest BCUT2D eigenvalue weighted by Gasteiger charge is 2.22. The Morgan fingerprint density at radius 3 is 2.21 bits per heavy atom. The molecule has 0 unspecified atom stereocenters. The number of aryl methyl sites for hydroxylation is 1. The zero-order chi connectivity index (χ0) is 23.4. The Bertz CT molecular complexity index is 1100. The van der Waals surface area contributed by atoms with Gasteiger partial charge in [0.25, 0.3) is 5.91 Å². The molecule has 0 bridgehead atoms. The first-order chi connectivity index (χ1) is 15.9. The minimum absolute atomic E-state index is 0.0365. The predicted octanol–water partition coefficient (Wildman–Crippen LogP) is 6.49. The molecule has 0 radical (unpaired) electrons. The average Bonchev–Trinajstić information content (AvgIpc) is 2.80. The summed E-state index contributed by atoms with van der Waals surface area (Å²) in [5, 5.41) is 1.15. The quantitative estimate of drug-likeness (QED) is 0.385. The van der Waals surface area contributed by atoms with Crippen molar-refractivity contribution in [1.82, 2.24) is 9.80 Å². The number of benzene rings is 3. The van der Waals surface area contributed by atoms with Crippen molar-refractivity contribution in [2.24, 2.45) is 0 Å². The van der Waals surface area contributed by atoms with Gasteiger partial charge in [-0.15, -0.1) is 0 Å². The van der Waals surface area contributed by atoms with E-state index in [4.69, 9.17) is 39.5 Å². The number of ether oxygens (including phenoxy) is 1. The number of rotatable bonds is 6. The minimum atomic E-state index is 0.0365. The van der Waals surface area contributed by atoms with Gasteiger partial charge in [-0.3, -0.25) is 9.69 Å². The third kappa shape index (κ3) is 6.21. The predicted molar refractivity (Wildman–Crippen MR) is 135 cm³/mol. The molecule has 0 N–H and O–H groups in total. The molecule has 0 atom stereocenters. The van der Waals surface area contributed by atoms with Crippen molar-refractivity contribution in [3.05, 3.63) is 98.0 Å². The molecular weight excluding hydrogens is 479 g/mol. The number of piperazine rings is 1. The molecular formula is C26H25Cl3N2O2. The van der Waals surface area contributed by atoms with Gasteiger partial charge in [0, 0.05) is 43.3 Å². The maximum atomic E-state index is 13.1. The van der Waals surface area contributed by atoms with Crippen molar-refractivity contribution < 1.29 is 9.53 Å². The summed E-state index contributed by atoms with van der Waals surface area (Å²) in [6, 6.07) is 19.3. The highest BCUT2D eigenvalue weighted by molar-refractivity contribution is 6.40. The number of carbonyl (C=O) groups excluding carboxylic acids is 1. The lowest BCUT2D eigenvalue weighted by Gasteiger charge is -2.35. The summed E-state index contributed by atoms with van der Waals surface area (Å²) in [5.41, 5.74) is 4.08. The maximum Gasteiger partial charge on any atom is 0.253 e. The van der Waals surface area contributed by atoms with Gasteiger partial charge < -0.3 is 9.64 Å². The molecule has 1 fully saturated rings. The van der Waals surface area contributed by atoms with E-state index in [9.17, 15) is 4.79 Å². The third-order valence-corrected chi connectivity index (χ3v) is 6.49. The molecule has 4 nitrogen and oxygen atoms in total. The lowest BCUT2D eigenvalue weighted by Crippen LogP contribution is -2.48. The number of halogens is 3. The van der Waals surface area contributed by atoms with Crippen LogP contribution in [-0.2, 0) is 13.2 Å². The van der Waals surface area contributed by atoms with Crippen molar-refractivity contribution in [3.63, 3.8) is 0 Å². The van der Waals surface area contributed by atoms with Crippen molar-refractivity contribution in [3.8, 4) is 5.75 Å². The number of nitrogens with zero attached hydrogens (tertiary/aromatic N) is 2. The van der Waals surface area contributed by atoms with Crippen molar-refractivity contribution >= 4 is 40.7 Å².